The van der Waals surface area contributed by atoms with Crippen molar-refractivity contribution in [1.82, 2.24) is 30.0 Å². The Kier molecular flexibility index (Phi) is 6.83. The average Bonchev–Trinajstić information content (AvgIpc) is 3.70. The number of carbonyl (C=O) groups is 1. The fourth-order valence-corrected chi connectivity index (χ4v) is 6.26. The smallest absolute Gasteiger partial charge is 0.253 e. The van der Waals surface area contributed by atoms with Gasteiger partial charge >= 0.3 is 0 Å². The van der Waals surface area contributed by atoms with Crippen molar-refractivity contribution in [2.45, 2.75) is 12.5 Å². The molecule has 1 amide bonds. The number of aromatic nitrogens is 4. The molecule has 3 aliphatic heterocycles. The van der Waals surface area contributed by atoms with Gasteiger partial charge in [0, 0.05) is 54.6 Å². The number of methoxy groups -OCH3 is 1. The zero-order valence-corrected chi connectivity index (χ0v) is 24.1. The molecule has 0 saturated carbocycles. The predicted molar refractivity (Wildman–Crippen MR) is 156 cm³/mol. The predicted octanol–water partition coefficient (Wildman–Crippen LogP) is 3.59. The van der Waals surface area contributed by atoms with Crippen molar-refractivity contribution in [3.8, 4) is 22.9 Å². The molecule has 4 heterocycles. The Morgan fingerprint density at radius 1 is 1.00 bits per heavy atom. The summed E-state index contributed by atoms with van der Waals surface area (Å²) >= 11 is 6.17. The van der Waals surface area contributed by atoms with Gasteiger partial charge < -0.3 is 24.0 Å². The highest BCUT2D eigenvalue weighted by atomic mass is 35.5. The molecule has 0 spiro atoms. The molecule has 0 radical (unpaired) electrons. The van der Waals surface area contributed by atoms with E-state index in [1.54, 1.807) is 11.8 Å². The van der Waals surface area contributed by atoms with Crippen LogP contribution in [-0.2, 0) is 6.42 Å². The van der Waals surface area contributed by atoms with E-state index in [-0.39, 0.29) is 18.7 Å². The molecule has 1 atom stereocenters. The number of fused-ring (bicyclic) bond motifs is 2. The van der Waals surface area contributed by atoms with Crippen molar-refractivity contribution in [2.75, 3.05) is 58.6 Å². The lowest BCUT2D eigenvalue weighted by molar-refractivity contribution is 0.0747. The molecular formula is C30H30ClN7O4. The van der Waals surface area contributed by atoms with Gasteiger partial charge in [-0.15, -0.1) is 5.10 Å². The third-order valence-electron chi connectivity index (χ3n) is 8.23. The van der Waals surface area contributed by atoms with Crippen molar-refractivity contribution >= 4 is 23.2 Å². The van der Waals surface area contributed by atoms with E-state index in [1.807, 2.05) is 66.5 Å². The molecule has 4 aromatic rings. The second kappa shape index (κ2) is 10.8. The average molecular weight is 588 g/mol. The number of ether oxygens (including phenoxy) is 3. The number of anilines is 1. The molecule has 12 heteroatoms. The van der Waals surface area contributed by atoms with Crippen molar-refractivity contribution in [3.63, 3.8) is 0 Å². The van der Waals surface area contributed by atoms with Crippen LogP contribution in [0.1, 0.15) is 33.4 Å². The lowest BCUT2D eigenvalue weighted by Crippen LogP contribution is -2.48. The van der Waals surface area contributed by atoms with Crippen LogP contribution in [0, 0.1) is 0 Å². The Balaban J connectivity index is 1.12. The molecule has 0 N–H and O–H groups in total. The number of benzene rings is 3. The third kappa shape index (κ3) is 4.58. The van der Waals surface area contributed by atoms with Gasteiger partial charge in [0.05, 0.1) is 12.8 Å². The topological polar surface area (TPSA) is 98.1 Å². The highest BCUT2D eigenvalue weighted by Crippen LogP contribution is 2.50. The minimum absolute atomic E-state index is 0.00554. The summed E-state index contributed by atoms with van der Waals surface area (Å²) in [6, 6.07) is 17.0. The summed E-state index contributed by atoms with van der Waals surface area (Å²) in [5.74, 6) is 2.59. The van der Waals surface area contributed by atoms with E-state index < -0.39 is 0 Å². The molecule has 11 nitrogen and oxygen atoms in total. The molecule has 7 rings (SSSR count). The van der Waals surface area contributed by atoms with Crippen LogP contribution >= 0.6 is 11.6 Å². The molecule has 0 bridgehead atoms. The first kappa shape index (κ1) is 26.5. The van der Waals surface area contributed by atoms with E-state index in [2.05, 4.69) is 25.3 Å². The van der Waals surface area contributed by atoms with Crippen molar-refractivity contribution in [3.05, 3.63) is 82.1 Å². The molecule has 1 saturated heterocycles. The maximum absolute atomic E-state index is 13.3. The number of tetrazole rings is 1. The minimum Gasteiger partial charge on any atom is -0.492 e. The maximum atomic E-state index is 13.3. The van der Waals surface area contributed by atoms with E-state index in [9.17, 15) is 4.79 Å². The number of nitrogens with zero attached hydrogens (tertiary/aromatic N) is 7. The lowest BCUT2D eigenvalue weighted by Gasteiger charge is -2.36. The van der Waals surface area contributed by atoms with E-state index in [1.165, 1.54) is 0 Å². The summed E-state index contributed by atoms with van der Waals surface area (Å²) in [6.07, 6.45) is 0.834. The number of amides is 1. The maximum Gasteiger partial charge on any atom is 0.253 e. The van der Waals surface area contributed by atoms with Gasteiger partial charge in [-0.2, -0.15) is 4.68 Å². The second-order valence-electron chi connectivity index (χ2n) is 10.6. The van der Waals surface area contributed by atoms with Crippen molar-refractivity contribution < 1.29 is 19.0 Å². The van der Waals surface area contributed by atoms with Gasteiger partial charge in [-0.05, 0) is 78.0 Å². The molecule has 3 aromatic carbocycles. The van der Waals surface area contributed by atoms with Crippen LogP contribution in [0.2, 0.25) is 5.02 Å². The Morgan fingerprint density at radius 3 is 2.57 bits per heavy atom. The first-order valence-corrected chi connectivity index (χ1v) is 14.3. The van der Waals surface area contributed by atoms with Crippen LogP contribution in [0.15, 0.2) is 54.6 Å². The normalized spacial score (nSPS) is 18.2. The summed E-state index contributed by atoms with van der Waals surface area (Å²) in [5.41, 5.74) is 4.54. The zero-order valence-electron chi connectivity index (χ0n) is 23.4. The van der Waals surface area contributed by atoms with Gasteiger partial charge in [0.2, 0.25) is 12.5 Å². The zero-order chi connectivity index (χ0) is 28.8. The summed E-state index contributed by atoms with van der Waals surface area (Å²) in [5, 5.41) is 13.5. The van der Waals surface area contributed by atoms with Crippen LogP contribution in [0.4, 0.5) is 5.69 Å². The number of hydrogen-bond donors (Lipinski definition) is 0. The van der Waals surface area contributed by atoms with Crippen LogP contribution < -0.4 is 19.1 Å². The Bertz CT molecular complexity index is 1640. The molecule has 1 aromatic heterocycles. The van der Waals surface area contributed by atoms with Crippen molar-refractivity contribution in [1.29, 1.82) is 0 Å². The van der Waals surface area contributed by atoms with Crippen LogP contribution in [0.5, 0.6) is 17.2 Å². The van der Waals surface area contributed by atoms with Gasteiger partial charge in [-0.25, -0.2) is 0 Å². The first-order valence-electron chi connectivity index (χ1n) is 13.9. The van der Waals surface area contributed by atoms with Gasteiger partial charge in [-0.3, -0.25) is 9.69 Å². The number of carbonyl (C=O) groups excluding carboxylic acids is 1. The largest absolute Gasteiger partial charge is 0.492 e. The van der Waals surface area contributed by atoms with Gasteiger partial charge in [0.1, 0.15) is 6.04 Å². The van der Waals surface area contributed by atoms with Crippen LogP contribution in [0.25, 0.3) is 5.69 Å². The molecule has 0 aliphatic carbocycles. The fourth-order valence-electron chi connectivity index (χ4n) is 6.08. The molecule has 216 valence electrons. The van der Waals surface area contributed by atoms with Crippen LogP contribution in [-0.4, -0.2) is 89.6 Å². The number of hydrogen-bond acceptors (Lipinski definition) is 9. The van der Waals surface area contributed by atoms with E-state index in [0.717, 1.165) is 48.6 Å². The molecule has 0 unspecified atom stereocenters. The lowest BCUT2D eigenvalue weighted by atomic mass is 9.90. The Labute approximate surface area is 248 Å². The second-order valence-corrected chi connectivity index (χ2v) is 11.0. The van der Waals surface area contributed by atoms with Gasteiger partial charge in [0.15, 0.2) is 17.3 Å². The van der Waals surface area contributed by atoms with E-state index in [0.29, 0.717) is 46.7 Å². The molecular weight excluding hydrogens is 558 g/mol. The third-order valence-corrected chi connectivity index (χ3v) is 8.47. The number of halogens is 1. The summed E-state index contributed by atoms with van der Waals surface area (Å²) in [4.78, 5) is 19.7. The first-order chi connectivity index (χ1) is 20.5. The monoisotopic (exact) mass is 587 g/mol. The van der Waals surface area contributed by atoms with Crippen LogP contribution in [0.3, 0.4) is 0 Å². The SMILES string of the molecule is COc1c2c(cc3c1[C@@H](c1nnnn1-c1ccc(C(=O)N4CCN(c5cccc(Cl)c5)CC4)cc1)N(C)CC3)OCO2. The summed E-state index contributed by atoms with van der Waals surface area (Å²) < 4.78 is 19.0. The van der Waals surface area contributed by atoms with E-state index >= 15 is 0 Å². The Hall–Kier alpha value is -4.35. The fraction of sp³-hybridized carbons (Fsp3) is 0.333. The quantitative estimate of drug-likeness (QED) is 0.347. The number of likely N-dealkylation sites (N-methyl/N-ethyl adjacent to an activating group) is 1. The highest BCUT2D eigenvalue weighted by Gasteiger charge is 2.38. The Morgan fingerprint density at radius 2 is 1.81 bits per heavy atom. The van der Waals surface area contributed by atoms with Gasteiger partial charge in [0.25, 0.3) is 5.91 Å². The summed E-state index contributed by atoms with van der Waals surface area (Å²) in [7, 11) is 3.68. The highest BCUT2D eigenvalue weighted by molar-refractivity contribution is 6.30. The minimum atomic E-state index is -0.273. The number of piperazine rings is 1. The molecule has 1 fully saturated rings. The van der Waals surface area contributed by atoms with Crippen molar-refractivity contribution in [2.24, 2.45) is 0 Å². The standard InChI is InChI=1S/C30H30ClN7O4/c1-35-11-10-20-16-24-27(42-18-41-24)28(40-2)25(20)26(35)29-32-33-34-38(29)22-8-6-19(7-9-22)30(39)37-14-12-36(13-15-37)23-5-3-4-21(31)17-23/h3-9,16-17,26H,10-15,18H2,1-2H3/t26-/m0/s1. The molecule has 3 aliphatic rings. The van der Waals surface area contributed by atoms with E-state index in [4.69, 9.17) is 25.8 Å². The van der Waals surface area contributed by atoms with Gasteiger partial charge in [-0.1, -0.05) is 17.7 Å². The number of rotatable bonds is 5. The summed E-state index contributed by atoms with van der Waals surface area (Å²) in [6.45, 7) is 3.74. The molecule has 42 heavy (non-hydrogen) atoms.